The number of carbonyl (C=O) groups is 2. The Balaban J connectivity index is 1.61. The molecule has 6 atom stereocenters. The average Bonchev–Trinajstić information content (AvgIpc) is 3.08. The quantitative estimate of drug-likeness (QED) is 0.629. The van der Waals surface area contributed by atoms with Gasteiger partial charge in [-0.15, -0.1) is 0 Å². The third kappa shape index (κ3) is 1.88. The smallest absolute Gasteiger partial charge is 0.310 e. The van der Waals surface area contributed by atoms with E-state index < -0.39 is 0 Å². The van der Waals surface area contributed by atoms with Crippen molar-refractivity contribution in [3.63, 3.8) is 0 Å². The van der Waals surface area contributed by atoms with Crippen molar-refractivity contribution in [1.29, 1.82) is 0 Å². The van der Waals surface area contributed by atoms with E-state index in [1.165, 1.54) is 0 Å². The van der Waals surface area contributed by atoms with Crippen molar-refractivity contribution in [2.75, 3.05) is 5.32 Å². The maximum absolute atomic E-state index is 12.8. The van der Waals surface area contributed by atoms with Crippen molar-refractivity contribution in [2.24, 2.45) is 23.7 Å². The highest BCUT2D eigenvalue weighted by Crippen LogP contribution is 2.60. The second-order valence-electron chi connectivity index (χ2n) is 6.36. The second-order valence-corrected chi connectivity index (χ2v) is 7.83. The van der Waals surface area contributed by atoms with E-state index in [2.05, 4.69) is 21.2 Å². The molecule has 1 saturated heterocycles. The molecular formula is C16H15BrClNO3. The largest absolute Gasteiger partial charge is 0.461 e. The number of hydrogen-bond donors (Lipinski definition) is 1. The van der Waals surface area contributed by atoms with E-state index in [0.717, 1.165) is 12.0 Å². The van der Waals surface area contributed by atoms with Crippen LogP contribution in [0.15, 0.2) is 18.2 Å². The topological polar surface area (TPSA) is 55.4 Å². The molecule has 4 nitrogen and oxygen atoms in total. The molecule has 2 saturated carbocycles. The third-order valence-electron chi connectivity index (χ3n) is 5.35. The van der Waals surface area contributed by atoms with Gasteiger partial charge in [-0.1, -0.05) is 33.6 Å². The first kappa shape index (κ1) is 14.5. The molecule has 1 N–H and O–H groups in total. The molecule has 2 aliphatic carbocycles. The molecule has 2 bridgehead atoms. The lowest BCUT2D eigenvalue weighted by Gasteiger charge is -2.27. The number of amides is 1. The van der Waals surface area contributed by atoms with Crippen LogP contribution in [-0.2, 0) is 14.3 Å². The van der Waals surface area contributed by atoms with Crippen molar-refractivity contribution in [2.45, 2.75) is 24.3 Å². The minimum Gasteiger partial charge on any atom is -0.461 e. The van der Waals surface area contributed by atoms with Gasteiger partial charge in [-0.2, -0.15) is 0 Å². The standard InChI is InChI=1S/C16H15BrClNO3/c1-6-9(18)3-2-4-10(6)19-15(20)11-7-5-8-12(11)16(21)22-14(8)13(7)17/h2-4,7-8,11-14H,5H2,1H3,(H,19,20)/t7-,8+,11+,12-,13+,14-/m0/s1. The van der Waals surface area contributed by atoms with Crippen LogP contribution < -0.4 is 5.32 Å². The number of esters is 1. The molecule has 1 heterocycles. The molecule has 0 radical (unpaired) electrons. The number of nitrogens with one attached hydrogen (secondary N) is 1. The van der Waals surface area contributed by atoms with E-state index in [1.807, 2.05) is 13.0 Å². The zero-order valence-corrected chi connectivity index (χ0v) is 14.2. The van der Waals surface area contributed by atoms with Crippen LogP contribution in [0.3, 0.4) is 0 Å². The first-order valence-corrected chi connectivity index (χ1v) is 8.69. The zero-order chi connectivity index (χ0) is 15.6. The number of carbonyl (C=O) groups excluding carboxylic acids is 2. The molecule has 3 fully saturated rings. The van der Waals surface area contributed by atoms with Crippen LogP contribution in [0.5, 0.6) is 0 Å². The van der Waals surface area contributed by atoms with Gasteiger partial charge in [0.15, 0.2) is 0 Å². The summed E-state index contributed by atoms with van der Waals surface area (Å²) in [6.07, 6.45) is 0.823. The maximum Gasteiger partial charge on any atom is 0.310 e. The van der Waals surface area contributed by atoms with E-state index in [1.54, 1.807) is 12.1 Å². The minimum atomic E-state index is -0.320. The van der Waals surface area contributed by atoms with E-state index in [4.69, 9.17) is 16.3 Å². The molecule has 1 amide bonds. The summed E-state index contributed by atoms with van der Waals surface area (Å²) in [6.45, 7) is 1.87. The minimum absolute atomic E-state index is 0.0561. The molecule has 1 aromatic rings. The van der Waals surface area contributed by atoms with Crippen molar-refractivity contribution in [3.8, 4) is 0 Å². The van der Waals surface area contributed by atoms with Gasteiger partial charge in [-0.05, 0) is 37.0 Å². The predicted molar refractivity (Wildman–Crippen MR) is 86.0 cm³/mol. The fraction of sp³-hybridized carbons (Fsp3) is 0.500. The lowest BCUT2D eigenvalue weighted by molar-refractivity contribution is -0.145. The van der Waals surface area contributed by atoms with Gasteiger partial charge in [0.25, 0.3) is 0 Å². The third-order valence-corrected chi connectivity index (χ3v) is 6.96. The number of alkyl halides is 1. The number of anilines is 1. The van der Waals surface area contributed by atoms with E-state index in [0.29, 0.717) is 10.7 Å². The van der Waals surface area contributed by atoms with Crippen LogP contribution in [0.4, 0.5) is 5.69 Å². The average molecular weight is 385 g/mol. The van der Waals surface area contributed by atoms with Gasteiger partial charge in [0.2, 0.25) is 5.91 Å². The van der Waals surface area contributed by atoms with Crippen molar-refractivity contribution in [3.05, 3.63) is 28.8 Å². The summed E-state index contributed by atoms with van der Waals surface area (Å²) in [6, 6.07) is 5.42. The van der Waals surface area contributed by atoms with Crippen molar-refractivity contribution >= 4 is 45.1 Å². The fourth-order valence-electron chi connectivity index (χ4n) is 4.29. The number of halogens is 2. The van der Waals surface area contributed by atoms with Crippen molar-refractivity contribution < 1.29 is 14.3 Å². The highest BCUT2D eigenvalue weighted by molar-refractivity contribution is 9.09. The van der Waals surface area contributed by atoms with Gasteiger partial charge in [0.05, 0.1) is 16.7 Å². The molecule has 116 valence electrons. The molecule has 22 heavy (non-hydrogen) atoms. The Morgan fingerprint density at radius 2 is 2.18 bits per heavy atom. The number of ether oxygens (including phenoxy) is 1. The van der Waals surface area contributed by atoms with Crippen LogP contribution in [0.25, 0.3) is 0 Å². The van der Waals surface area contributed by atoms with E-state index in [-0.39, 0.29) is 46.5 Å². The van der Waals surface area contributed by atoms with Crippen LogP contribution in [0.2, 0.25) is 5.02 Å². The van der Waals surface area contributed by atoms with Crippen molar-refractivity contribution in [1.82, 2.24) is 0 Å². The lowest BCUT2D eigenvalue weighted by atomic mass is 9.79. The summed E-state index contributed by atoms with van der Waals surface area (Å²) in [5, 5.41) is 3.57. The summed E-state index contributed by atoms with van der Waals surface area (Å²) in [7, 11) is 0. The molecule has 0 aromatic heterocycles. The number of benzene rings is 1. The molecule has 3 aliphatic rings. The molecule has 1 aliphatic heterocycles. The Morgan fingerprint density at radius 1 is 1.41 bits per heavy atom. The molecule has 1 aromatic carbocycles. The maximum atomic E-state index is 12.8. The van der Waals surface area contributed by atoms with Gasteiger partial charge >= 0.3 is 5.97 Å². The summed E-state index contributed by atoms with van der Waals surface area (Å²) in [4.78, 5) is 24.9. The fourth-order valence-corrected chi connectivity index (χ4v) is 5.51. The summed E-state index contributed by atoms with van der Waals surface area (Å²) in [5.74, 6) is -0.599. The van der Waals surface area contributed by atoms with E-state index >= 15 is 0 Å². The van der Waals surface area contributed by atoms with Gasteiger partial charge in [0, 0.05) is 16.6 Å². The van der Waals surface area contributed by atoms with E-state index in [9.17, 15) is 9.59 Å². The van der Waals surface area contributed by atoms with Gasteiger partial charge in [0.1, 0.15) is 6.10 Å². The molecular weight excluding hydrogens is 370 g/mol. The Hall–Kier alpha value is -1.07. The number of fused-ring (bicyclic) bond motifs is 1. The predicted octanol–water partition coefficient (Wildman–Crippen LogP) is 3.16. The number of rotatable bonds is 2. The molecule has 4 rings (SSSR count). The zero-order valence-electron chi connectivity index (χ0n) is 11.9. The highest BCUT2D eigenvalue weighted by Gasteiger charge is 2.67. The monoisotopic (exact) mass is 383 g/mol. The first-order valence-electron chi connectivity index (χ1n) is 7.39. The van der Waals surface area contributed by atoms with Gasteiger partial charge in [-0.3, -0.25) is 9.59 Å². The lowest BCUT2D eigenvalue weighted by Crippen LogP contribution is -2.40. The van der Waals surface area contributed by atoms with Crippen LogP contribution in [-0.4, -0.2) is 22.8 Å². The van der Waals surface area contributed by atoms with Crippen LogP contribution in [0, 0.1) is 30.6 Å². The summed E-state index contributed by atoms with van der Waals surface area (Å²) < 4.78 is 5.44. The SMILES string of the molecule is Cc1c(Cl)cccc1NC(=O)[C@@H]1[C@@H]2C[C@H]3[C@H](OC(=O)[C@@H]31)[C@@H]2Br. The van der Waals surface area contributed by atoms with Gasteiger partial charge in [-0.25, -0.2) is 0 Å². The van der Waals surface area contributed by atoms with Gasteiger partial charge < -0.3 is 10.1 Å². The Morgan fingerprint density at radius 3 is 2.95 bits per heavy atom. The Kier molecular flexibility index (Phi) is 3.28. The second kappa shape index (κ2) is 4.96. The molecule has 0 unspecified atom stereocenters. The normalized spacial score (nSPS) is 38.2. The first-order chi connectivity index (χ1) is 10.5. The summed E-state index contributed by atoms with van der Waals surface area (Å²) >= 11 is 9.71. The summed E-state index contributed by atoms with van der Waals surface area (Å²) in [5.41, 5.74) is 1.54. The molecule has 0 spiro atoms. The molecule has 6 heteroatoms. The highest BCUT2D eigenvalue weighted by atomic mass is 79.9. The Bertz CT molecular complexity index is 679. The Labute approximate surface area is 141 Å². The van der Waals surface area contributed by atoms with Crippen LogP contribution >= 0.6 is 27.5 Å². The number of hydrogen-bond acceptors (Lipinski definition) is 3. The van der Waals surface area contributed by atoms with Crippen LogP contribution in [0.1, 0.15) is 12.0 Å².